The van der Waals surface area contributed by atoms with Gasteiger partial charge < -0.3 is 0 Å². The fourth-order valence-electron chi connectivity index (χ4n) is 1.53. The molecular formula is C14H18Br2. The van der Waals surface area contributed by atoms with Crippen molar-refractivity contribution in [2.75, 3.05) is 10.7 Å². The van der Waals surface area contributed by atoms with Crippen LogP contribution in [0.25, 0.3) is 5.57 Å². The summed E-state index contributed by atoms with van der Waals surface area (Å²) in [4.78, 5) is 0. The molecule has 0 atom stereocenters. The van der Waals surface area contributed by atoms with Crippen LogP contribution in [0, 0.1) is 0 Å². The number of hydrogen-bond acceptors (Lipinski definition) is 0. The van der Waals surface area contributed by atoms with E-state index in [9.17, 15) is 0 Å². The molecule has 0 bridgehead atoms. The zero-order valence-corrected chi connectivity index (χ0v) is 13.2. The molecule has 0 aliphatic heterocycles. The molecule has 0 unspecified atom stereocenters. The van der Waals surface area contributed by atoms with E-state index < -0.39 is 0 Å². The van der Waals surface area contributed by atoms with Gasteiger partial charge >= 0.3 is 0 Å². The van der Waals surface area contributed by atoms with Gasteiger partial charge in [-0.1, -0.05) is 83.0 Å². The molecule has 16 heavy (non-hydrogen) atoms. The molecule has 0 aliphatic carbocycles. The topological polar surface area (TPSA) is 0 Å². The zero-order chi connectivity index (χ0) is 12.2. The third kappa shape index (κ3) is 3.74. The first-order valence-electron chi connectivity index (χ1n) is 5.41. The van der Waals surface area contributed by atoms with E-state index in [-0.39, 0.29) is 5.41 Å². The highest BCUT2D eigenvalue weighted by Gasteiger charge is 2.13. The highest BCUT2D eigenvalue weighted by atomic mass is 79.9. The minimum atomic E-state index is 0.228. The van der Waals surface area contributed by atoms with Gasteiger partial charge in [-0.05, 0) is 22.1 Å². The Hall–Kier alpha value is -0.0800. The minimum absolute atomic E-state index is 0.228. The number of benzene rings is 1. The zero-order valence-electron chi connectivity index (χ0n) is 10.1. The lowest BCUT2D eigenvalue weighted by Crippen LogP contribution is -2.10. The number of alkyl halides is 2. The predicted molar refractivity (Wildman–Crippen MR) is 80.7 cm³/mol. The Morgan fingerprint density at radius 2 is 1.69 bits per heavy atom. The van der Waals surface area contributed by atoms with Gasteiger partial charge in [-0.2, -0.15) is 0 Å². The maximum atomic E-state index is 3.52. The number of rotatable bonds is 3. The average molecular weight is 346 g/mol. The van der Waals surface area contributed by atoms with E-state index in [2.05, 4.69) is 83.0 Å². The summed E-state index contributed by atoms with van der Waals surface area (Å²) in [6, 6.07) is 8.85. The SMILES string of the molecule is CC(C)(C)c1ccc(C(=CCBr)CBr)cc1. The first-order chi connectivity index (χ1) is 7.49. The first kappa shape index (κ1) is 14.0. The van der Waals surface area contributed by atoms with Gasteiger partial charge in [0.05, 0.1) is 0 Å². The molecule has 1 aromatic rings. The molecular weight excluding hydrogens is 328 g/mol. The lowest BCUT2D eigenvalue weighted by Gasteiger charge is -2.19. The third-order valence-corrected chi connectivity index (χ3v) is 3.52. The smallest absolute Gasteiger partial charge is 0.0286 e. The van der Waals surface area contributed by atoms with Gasteiger partial charge in [0.25, 0.3) is 0 Å². The van der Waals surface area contributed by atoms with Crippen molar-refractivity contribution in [2.45, 2.75) is 26.2 Å². The van der Waals surface area contributed by atoms with Crippen LogP contribution in [0.3, 0.4) is 0 Å². The van der Waals surface area contributed by atoms with Crippen molar-refractivity contribution < 1.29 is 0 Å². The molecule has 0 saturated heterocycles. The van der Waals surface area contributed by atoms with Gasteiger partial charge in [0.1, 0.15) is 0 Å². The Labute approximate surface area is 115 Å². The highest BCUT2D eigenvalue weighted by molar-refractivity contribution is 9.09. The summed E-state index contributed by atoms with van der Waals surface area (Å²) in [5.74, 6) is 0. The largest absolute Gasteiger partial charge is 0.0883 e. The monoisotopic (exact) mass is 344 g/mol. The second-order valence-corrected chi connectivity index (χ2v) is 6.05. The Kier molecular flexibility index (Phi) is 5.26. The molecule has 0 spiro atoms. The second kappa shape index (κ2) is 6.02. The highest BCUT2D eigenvalue weighted by Crippen LogP contribution is 2.25. The van der Waals surface area contributed by atoms with E-state index in [1.165, 1.54) is 16.7 Å². The molecule has 0 aliphatic rings. The van der Waals surface area contributed by atoms with Crippen molar-refractivity contribution >= 4 is 37.4 Å². The van der Waals surface area contributed by atoms with Crippen LogP contribution in [-0.2, 0) is 5.41 Å². The molecule has 1 aromatic carbocycles. The van der Waals surface area contributed by atoms with Gasteiger partial charge in [0, 0.05) is 10.7 Å². The Morgan fingerprint density at radius 1 is 1.12 bits per heavy atom. The summed E-state index contributed by atoms with van der Waals surface area (Å²) in [6.07, 6.45) is 2.20. The molecule has 0 N–H and O–H groups in total. The standard InChI is InChI=1S/C14H18Br2/c1-14(2,3)13-6-4-11(5-7-13)12(10-16)8-9-15/h4-8H,9-10H2,1-3H3. The van der Waals surface area contributed by atoms with E-state index in [1.54, 1.807) is 0 Å². The predicted octanol–water partition coefficient (Wildman–Crippen LogP) is 5.16. The fourth-order valence-corrected chi connectivity index (χ4v) is 2.47. The molecule has 0 saturated carbocycles. The summed E-state index contributed by atoms with van der Waals surface area (Å²) >= 11 is 6.96. The van der Waals surface area contributed by atoms with Crippen LogP contribution >= 0.6 is 31.9 Å². The summed E-state index contributed by atoms with van der Waals surface area (Å²) in [5.41, 5.74) is 4.23. The number of allylic oxidation sites excluding steroid dienone is 2. The fraction of sp³-hybridized carbons (Fsp3) is 0.429. The minimum Gasteiger partial charge on any atom is -0.0883 e. The lowest BCUT2D eigenvalue weighted by atomic mass is 9.86. The molecule has 0 fully saturated rings. The summed E-state index contributed by atoms with van der Waals surface area (Å²) < 4.78 is 0. The van der Waals surface area contributed by atoms with E-state index in [0.717, 1.165) is 10.7 Å². The van der Waals surface area contributed by atoms with Crippen LogP contribution in [0.1, 0.15) is 31.9 Å². The lowest BCUT2D eigenvalue weighted by molar-refractivity contribution is 0.590. The quantitative estimate of drug-likeness (QED) is 0.664. The number of halogens is 2. The molecule has 88 valence electrons. The van der Waals surface area contributed by atoms with Crippen molar-refractivity contribution in [3.63, 3.8) is 0 Å². The van der Waals surface area contributed by atoms with Crippen LogP contribution in [0.5, 0.6) is 0 Å². The first-order valence-corrected chi connectivity index (χ1v) is 7.65. The molecule has 0 heterocycles. The average Bonchev–Trinajstić information content (AvgIpc) is 2.25. The third-order valence-electron chi connectivity index (χ3n) is 2.59. The molecule has 2 heteroatoms. The molecule has 0 amide bonds. The van der Waals surface area contributed by atoms with Crippen molar-refractivity contribution in [1.82, 2.24) is 0 Å². The van der Waals surface area contributed by atoms with Gasteiger partial charge in [-0.25, -0.2) is 0 Å². The summed E-state index contributed by atoms with van der Waals surface area (Å²) in [7, 11) is 0. The maximum absolute atomic E-state index is 3.52. The van der Waals surface area contributed by atoms with Crippen LogP contribution < -0.4 is 0 Å². The van der Waals surface area contributed by atoms with Crippen molar-refractivity contribution in [3.05, 3.63) is 41.5 Å². The van der Waals surface area contributed by atoms with Crippen LogP contribution in [0.4, 0.5) is 0 Å². The van der Waals surface area contributed by atoms with Crippen molar-refractivity contribution in [3.8, 4) is 0 Å². The van der Waals surface area contributed by atoms with E-state index in [4.69, 9.17) is 0 Å². The van der Waals surface area contributed by atoms with Crippen LogP contribution in [0.2, 0.25) is 0 Å². The van der Waals surface area contributed by atoms with Crippen LogP contribution in [0.15, 0.2) is 30.3 Å². The Balaban J connectivity index is 2.99. The normalized spacial score (nSPS) is 12.9. The van der Waals surface area contributed by atoms with E-state index in [1.807, 2.05) is 0 Å². The van der Waals surface area contributed by atoms with E-state index in [0.29, 0.717) is 0 Å². The second-order valence-electron chi connectivity index (χ2n) is 4.84. The van der Waals surface area contributed by atoms with Crippen molar-refractivity contribution in [2.24, 2.45) is 0 Å². The molecule has 0 nitrogen and oxygen atoms in total. The maximum Gasteiger partial charge on any atom is 0.0286 e. The van der Waals surface area contributed by atoms with Gasteiger partial charge in [0.2, 0.25) is 0 Å². The van der Waals surface area contributed by atoms with Gasteiger partial charge in [-0.15, -0.1) is 0 Å². The molecule has 0 aromatic heterocycles. The van der Waals surface area contributed by atoms with Gasteiger partial charge in [0.15, 0.2) is 0 Å². The van der Waals surface area contributed by atoms with Crippen molar-refractivity contribution in [1.29, 1.82) is 0 Å². The van der Waals surface area contributed by atoms with E-state index >= 15 is 0 Å². The summed E-state index contributed by atoms with van der Waals surface area (Å²) in [5, 5.41) is 1.79. The Morgan fingerprint density at radius 3 is 2.06 bits per heavy atom. The Bertz CT molecular complexity index is 355. The van der Waals surface area contributed by atoms with Gasteiger partial charge in [-0.3, -0.25) is 0 Å². The molecule has 1 rings (SSSR count). The summed E-state index contributed by atoms with van der Waals surface area (Å²) in [6.45, 7) is 6.71. The number of hydrogen-bond donors (Lipinski definition) is 0. The van der Waals surface area contributed by atoms with Crippen LogP contribution in [-0.4, -0.2) is 10.7 Å². The molecule has 0 radical (unpaired) electrons.